The van der Waals surface area contributed by atoms with Gasteiger partial charge in [0.25, 0.3) is 6.43 Å². The predicted octanol–water partition coefficient (Wildman–Crippen LogP) is -0.0350. The lowest BCUT2D eigenvalue weighted by molar-refractivity contribution is -0.138. The molecule has 7 heteroatoms. The van der Waals surface area contributed by atoms with Crippen molar-refractivity contribution >= 4 is 5.97 Å². The summed E-state index contributed by atoms with van der Waals surface area (Å²) >= 11 is 0. The Hall–Kier alpha value is -0.790. The van der Waals surface area contributed by atoms with E-state index in [9.17, 15) is 13.6 Å². The third kappa shape index (κ3) is 5.70. The first-order valence-electron chi connectivity index (χ1n) is 6.17. The van der Waals surface area contributed by atoms with Crippen LogP contribution in [-0.2, 0) is 4.79 Å². The summed E-state index contributed by atoms with van der Waals surface area (Å²) in [5, 5.41) is 11.6. The molecule has 2 atom stereocenters. The molecule has 2 unspecified atom stereocenters. The molecule has 0 amide bonds. The quantitative estimate of drug-likeness (QED) is 0.602. The fourth-order valence-electron chi connectivity index (χ4n) is 2.47. The molecule has 4 N–H and O–H groups in total. The summed E-state index contributed by atoms with van der Waals surface area (Å²) in [6, 6.07) is -0.0800. The minimum Gasteiger partial charge on any atom is -0.481 e. The zero-order valence-electron chi connectivity index (χ0n) is 10.3. The van der Waals surface area contributed by atoms with Crippen LogP contribution in [0, 0.1) is 5.92 Å². The number of carbonyl (C=O) groups is 1. The molecule has 1 aliphatic rings. The van der Waals surface area contributed by atoms with Gasteiger partial charge in [-0.1, -0.05) is 0 Å². The van der Waals surface area contributed by atoms with Crippen molar-refractivity contribution < 1.29 is 18.7 Å². The maximum Gasteiger partial charge on any atom is 0.303 e. The molecule has 1 aliphatic heterocycles. The van der Waals surface area contributed by atoms with Crippen LogP contribution < -0.4 is 11.1 Å². The maximum atomic E-state index is 12.2. The van der Waals surface area contributed by atoms with Crippen molar-refractivity contribution in [3.8, 4) is 0 Å². The molecule has 5 nitrogen and oxygen atoms in total. The van der Waals surface area contributed by atoms with Crippen molar-refractivity contribution in [1.29, 1.82) is 0 Å². The van der Waals surface area contributed by atoms with E-state index in [2.05, 4.69) is 5.32 Å². The van der Waals surface area contributed by atoms with Gasteiger partial charge >= 0.3 is 5.97 Å². The van der Waals surface area contributed by atoms with Gasteiger partial charge in [-0.2, -0.15) is 0 Å². The van der Waals surface area contributed by atoms with Crippen molar-refractivity contribution in [3.05, 3.63) is 0 Å². The fraction of sp³-hybridized carbons (Fsp3) is 0.909. The summed E-state index contributed by atoms with van der Waals surface area (Å²) < 4.78 is 24.3. The highest BCUT2D eigenvalue weighted by Gasteiger charge is 2.28. The van der Waals surface area contributed by atoms with Crippen LogP contribution in [0.15, 0.2) is 0 Å². The molecule has 1 saturated heterocycles. The zero-order valence-corrected chi connectivity index (χ0v) is 10.3. The number of carboxylic acids is 1. The van der Waals surface area contributed by atoms with Gasteiger partial charge in [0, 0.05) is 38.6 Å². The number of nitrogens with two attached hydrogens (primary N) is 1. The molecule has 18 heavy (non-hydrogen) atoms. The second-order valence-corrected chi connectivity index (χ2v) is 4.74. The number of hydrogen-bond acceptors (Lipinski definition) is 4. The lowest BCUT2D eigenvalue weighted by Crippen LogP contribution is -2.51. The van der Waals surface area contributed by atoms with Gasteiger partial charge in [0.05, 0.1) is 6.54 Å². The number of aliphatic carboxylic acids is 1. The molecule has 1 heterocycles. The molecule has 0 bridgehead atoms. The Kier molecular flexibility index (Phi) is 6.45. The molecule has 0 aromatic rings. The molecule has 1 rings (SSSR count). The largest absolute Gasteiger partial charge is 0.481 e. The van der Waals surface area contributed by atoms with Gasteiger partial charge in [-0.3, -0.25) is 4.79 Å². The number of nitrogens with one attached hydrogen (secondary N) is 1. The molecule has 0 aliphatic carbocycles. The maximum absolute atomic E-state index is 12.2. The van der Waals surface area contributed by atoms with Crippen LogP contribution in [0.2, 0.25) is 0 Å². The third-order valence-electron chi connectivity index (χ3n) is 3.08. The molecule has 0 aromatic heterocycles. The van der Waals surface area contributed by atoms with Crippen LogP contribution >= 0.6 is 0 Å². The number of alkyl halides is 2. The van der Waals surface area contributed by atoms with E-state index in [4.69, 9.17) is 10.8 Å². The summed E-state index contributed by atoms with van der Waals surface area (Å²) in [5.41, 5.74) is 5.48. The van der Waals surface area contributed by atoms with Crippen molar-refractivity contribution in [2.24, 2.45) is 11.7 Å². The summed E-state index contributed by atoms with van der Waals surface area (Å²) in [6.07, 6.45) is -1.68. The second-order valence-electron chi connectivity index (χ2n) is 4.74. The molecule has 1 fully saturated rings. The predicted molar refractivity (Wildman–Crippen MR) is 63.6 cm³/mol. The lowest BCUT2D eigenvalue weighted by Gasteiger charge is -2.37. The first-order chi connectivity index (χ1) is 8.51. The number of hydrogen-bond donors (Lipinski definition) is 3. The highest BCUT2D eigenvalue weighted by molar-refractivity contribution is 5.67. The summed E-state index contributed by atoms with van der Waals surface area (Å²) in [7, 11) is 0. The Labute approximate surface area is 105 Å². The van der Waals surface area contributed by atoms with E-state index in [1.54, 1.807) is 0 Å². The van der Waals surface area contributed by atoms with Crippen molar-refractivity contribution in [2.75, 3.05) is 32.7 Å². The van der Waals surface area contributed by atoms with Gasteiger partial charge < -0.3 is 21.1 Å². The monoisotopic (exact) mass is 265 g/mol. The number of piperidine rings is 1. The van der Waals surface area contributed by atoms with E-state index in [0.717, 1.165) is 0 Å². The molecule has 0 saturated carbocycles. The Balaban J connectivity index is 2.47. The Morgan fingerprint density at radius 2 is 2.22 bits per heavy atom. The average Bonchev–Trinajstić information content (AvgIpc) is 2.25. The number of likely N-dealkylation sites (tertiary alicyclic amines) is 1. The highest BCUT2D eigenvalue weighted by atomic mass is 19.3. The van der Waals surface area contributed by atoms with Crippen molar-refractivity contribution in [3.63, 3.8) is 0 Å². The number of carboxylic acid groups (broad SMARTS) is 1. The SMILES string of the molecule is NCCN1CC(CC(=O)O)CC(NCC(F)F)C1. The van der Waals surface area contributed by atoms with Crippen LogP contribution in [0.3, 0.4) is 0 Å². The topological polar surface area (TPSA) is 78.6 Å². The first kappa shape index (κ1) is 15.3. The summed E-state index contributed by atoms with van der Waals surface area (Å²) in [4.78, 5) is 12.8. The van der Waals surface area contributed by atoms with E-state index >= 15 is 0 Å². The van der Waals surface area contributed by atoms with Crippen molar-refractivity contribution in [2.45, 2.75) is 25.3 Å². The molecule has 106 valence electrons. The summed E-state index contributed by atoms with van der Waals surface area (Å²) in [6.45, 7) is 2.14. The molecule has 0 spiro atoms. The third-order valence-corrected chi connectivity index (χ3v) is 3.08. The minimum atomic E-state index is -2.38. The average molecular weight is 265 g/mol. The van der Waals surface area contributed by atoms with E-state index < -0.39 is 12.4 Å². The number of nitrogens with zero attached hydrogens (tertiary/aromatic N) is 1. The summed E-state index contributed by atoms with van der Waals surface area (Å²) in [5.74, 6) is -0.847. The second kappa shape index (κ2) is 7.60. The number of rotatable bonds is 7. The number of halogens is 2. The fourth-order valence-corrected chi connectivity index (χ4v) is 2.47. The molecular formula is C11H21F2N3O2. The van der Waals surface area contributed by atoms with Gasteiger partial charge in [-0.25, -0.2) is 8.78 Å². The Bertz CT molecular complexity index is 267. The standard InChI is InChI=1S/C11H21F2N3O2/c12-10(13)5-15-9-3-8(4-11(17)18)6-16(7-9)2-1-14/h8-10,15H,1-7,14H2,(H,17,18). The highest BCUT2D eigenvalue weighted by Crippen LogP contribution is 2.20. The first-order valence-corrected chi connectivity index (χ1v) is 6.17. The smallest absolute Gasteiger partial charge is 0.303 e. The van der Waals surface area contributed by atoms with Gasteiger partial charge in [0.2, 0.25) is 0 Å². The van der Waals surface area contributed by atoms with E-state index in [1.807, 2.05) is 4.90 Å². The van der Waals surface area contributed by atoms with Gasteiger partial charge in [0.15, 0.2) is 0 Å². The van der Waals surface area contributed by atoms with E-state index in [-0.39, 0.29) is 24.9 Å². The van der Waals surface area contributed by atoms with Crippen LogP contribution in [0.1, 0.15) is 12.8 Å². The molecule has 0 radical (unpaired) electrons. The van der Waals surface area contributed by atoms with Crippen LogP contribution in [-0.4, -0.2) is 61.2 Å². The zero-order chi connectivity index (χ0) is 13.5. The Morgan fingerprint density at radius 1 is 1.50 bits per heavy atom. The van der Waals surface area contributed by atoms with Gasteiger partial charge in [-0.15, -0.1) is 0 Å². The van der Waals surface area contributed by atoms with Gasteiger partial charge in [-0.05, 0) is 12.3 Å². The van der Waals surface area contributed by atoms with Crippen LogP contribution in [0.5, 0.6) is 0 Å². The minimum absolute atomic E-state index is 0.00188. The normalized spacial score (nSPS) is 25.6. The Morgan fingerprint density at radius 3 is 2.78 bits per heavy atom. The van der Waals surface area contributed by atoms with Gasteiger partial charge in [0.1, 0.15) is 0 Å². The van der Waals surface area contributed by atoms with Crippen LogP contribution in [0.4, 0.5) is 8.78 Å². The lowest BCUT2D eigenvalue weighted by atomic mass is 9.91. The van der Waals surface area contributed by atoms with Crippen molar-refractivity contribution in [1.82, 2.24) is 10.2 Å². The molecule has 0 aromatic carbocycles. The molecular weight excluding hydrogens is 244 g/mol. The van der Waals surface area contributed by atoms with Crippen LogP contribution in [0.25, 0.3) is 0 Å². The van der Waals surface area contributed by atoms with E-state index in [0.29, 0.717) is 32.6 Å². The van der Waals surface area contributed by atoms with E-state index in [1.165, 1.54) is 0 Å².